The molecule has 0 amide bonds. The molecule has 0 aliphatic rings. The Kier molecular flexibility index (Phi) is 9.70. The molecule has 0 bridgehead atoms. The third-order valence-corrected chi connectivity index (χ3v) is 3.87. The quantitative estimate of drug-likeness (QED) is 0.598. The molecule has 0 rings (SSSR count). The van der Waals surface area contributed by atoms with Gasteiger partial charge in [0.1, 0.15) is 0 Å². The minimum atomic E-state index is -0.0659. The molecule has 0 saturated heterocycles. The van der Waals surface area contributed by atoms with Crippen molar-refractivity contribution in [3.05, 3.63) is 0 Å². The van der Waals surface area contributed by atoms with Gasteiger partial charge in [0.15, 0.2) is 0 Å². The molecule has 0 saturated carbocycles. The third-order valence-electron chi connectivity index (χ3n) is 3.87. The first-order chi connectivity index (χ1) is 8.55. The van der Waals surface area contributed by atoms with Crippen LogP contribution in [0.1, 0.15) is 60.3 Å². The predicted octanol–water partition coefficient (Wildman–Crippen LogP) is 2.64. The van der Waals surface area contributed by atoms with E-state index in [2.05, 4.69) is 44.8 Å². The van der Waals surface area contributed by atoms with E-state index in [1.165, 1.54) is 13.0 Å². The second kappa shape index (κ2) is 9.76. The fourth-order valence-corrected chi connectivity index (χ4v) is 2.55. The van der Waals surface area contributed by atoms with Gasteiger partial charge in [-0.1, -0.05) is 20.8 Å². The van der Waals surface area contributed by atoms with E-state index in [9.17, 15) is 5.11 Å². The van der Waals surface area contributed by atoms with Crippen LogP contribution in [0.15, 0.2) is 0 Å². The smallest absolute Gasteiger partial charge is 0.0613 e. The first kappa shape index (κ1) is 17.9. The van der Waals surface area contributed by atoms with Gasteiger partial charge in [-0.05, 0) is 59.2 Å². The Balaban J connectivity index is 4.18. The van der Waals surface area contributed by atoms with Crippen LogP contribution in [0.4, 0.5) is 0 Å². The second-order valence-electron chi connectivity index (χ2n) is 5.56. The molecule has 3 heteroatoms. The van der Waals surface area contributed by atoms with E-state index in [1.54, 1.807) is 0 Å². The monoisotopic (exact) mass is 258 g/mol. The van der Waals surface area contributed by atoms with Crippen LogP contribution in [0.5, 0.6) is 0 Å². The van der Waals surface area contributed by atoms with Crippen molar-refractivity contribution in [2.45, 2.75) is 71.9 Å². The minimum absolute atomic E-state index is 0.0659. The van der Waals surface area contributed by atoms with Crippen LogP contribution in [0, 0.1) is 0 Å². The average Bonchev–Trinajstić information content (AvgIpc) is 2.36. The van der Waals surface area contributed by atoms with Gasteiger partial charge in [0.2, 0.25) is 0 Å². The highest BCUT2D eigenvalue weighted by molar-refractivity contribution is 4.86. The zero-order valence-electron chi connectivity index (χ0n) is 13.1. The summed E-state index contributed by atoms with van der Waals surface area (Å²) < 4.78 is 0. The summed E-state index contributed by atoms with van der Waals surface area (Å²) in [7, 11) is 0. The Labute approximate surface area is 114 Å². The summed E-state index contributed by atoms with van der Waals surface area (Å²) in [4.78, 5) is 2.53. The fourth-order valence-electron chi connectivity index (χ4n) is 2.55. The molecule has 0 aliphatic carbocycles. The molecule has 110 valence electrons. The molecular formula is C15H34N2O. The van der Waals surface area contributed by atoms with Gasteiger partial charge >= 0.3 is 0 Å². The number of hydrogen-bond acceptors (Lipinski definition) is 3. The van der Waals surface area contributed by atoms with Gasteiger partial charge in [0.05, 0.1) is 6.61 Å². The summed E-state index contributed by atoms with van der Waals surface area (Å²) in [5.41, 5.74) is -0.0659. The van der Waals surface area contributed by atoms with Gasteiger partial charge in [0, 0.05) is 11.6 Å². The Morgan fingerprint density at radius 2 is 1.83 bits per heavy atom. The number of aliphatic hydroxyl groups is 1. The average molecular weight is 258 g/mol. The lowest BCUT2D eigenvalue weighted by Crippen LogP contribution is -2.48. The molecule has 18 heavy (non-hydrogen) atoms. The van der Waals surface area contributed by atoms with Crippen molar-refractivity contribution in [1.29, 1.82) is 0 Å². The van der Waals surface area contributed by atoms with Crippen molar-refractivity contribution in [2.75, 3.05) is 26.2 Å². The molecule has 1 unspecified atom stereocenters. The lowest BCUT2D eigenvalue weighted by Gasteiger charge is -2.33. The van der Waals surface area contributed by atoms with Gasteiger partial charge in [-0.3, -0.25) is 0 Å². The van der Waals surface area contributed by atoms with Crippen molar-refractivity contribution in [3.8, 4) is 0 Å². The first-order valence-electron chi connectivity index (χ1n) is 7.65. The van der Waals surface area contributed by atoms with Gasteiger partial charge in [-0.15, -0.1) is 0 Å². The van der Waals surface area contributed by atoms with E-state index in [0.717, 1.165) is 32.4 Å². The number of nitrogens with one attached hydrogen (secondary N) is 1. The molecule has 1 atom stereocenters. The van der Waals surface area contributed by atoms with E-state index in [1.807, 2.05) is 0 Å². The van der Waals surface area contributed by atoms with Crippen LogP contribution in [0.3, 0.4) is 0 Å². The highest BCUT2D eigenvalue weighted by atomic mass is 16.3. The van der Waals surface area contributed by atoms with E-state index in [4.69, 9.17) is 0 Å². The van der Waals surface area contributed by atoms with Crippen molar-refractivity contribution in [1.82, 2.24) is 10.2 Å². The first-order valence-corrected chi connectivity index (χ1v) is 7.65. The van der Waals surface area contributed by atoms with E-state index >= 15 is 0 Å². The lowest BCUT2D eigenvalue weighted by atomic mass is 9.91. The van der Waals surface area contributed by atoms with E-state index in [-0.39, 0.29) is 12.1 Å². The number of rotatable bonds is 11. The molecule has 0 aromatic carbocycles. The zero-order chi connectivity index (χ0) is 14.0. The molecule has 0 fully saturated rings. The maximum atomic E-state index is 9.61. The van der Waals surface area contributed by atoms with Gasteiger partial charge < -0.3 is 15.3 Å². The van der Waals surface area contributed by atoms with Crippen LogP contribution >= 0.6 is 0 Å². The summed E-state index contributed by atoms with van der Waals surface area (Å²) in [6.45, 7) is 14.5. The molecule has 0 aromatic rings. The molecule has 0 aromatic heterocycles. The van der Waals surface area contributed by atoms with E-state index < -0.39 is 0 Å². The minimum Gasteiger partial charge on any atom is -0.394 e. The third kappa shape index (κ3) is 6.17. The molecule has 0 radical (unpaired) electrons. The standard InChI is InChI=1S/C15H34N2O/c1-6-11-17(14(4)5)12-9-10-15(7-2,13-18)16-8-3/h14,16,18H,6-13H2,1-5H3. The second-order valence-corrected chi connectivity index (χ2v) is 5.56. The largest absolute Gasteiger partial charge is 0.394 e. The van der Waals surface area contributed by atoms with Crippen molar-refractivity contribution < 1.29 is 5.11 Å². The van der Waals surface area contributed by atoms with Crippen LogP contribution < -0.4 is 5.32 Å². The maximum Gasteiger partial charge on any atom is 0.0613 e. The van der Waals surface area contributed by atoms with Crippen LogP contribution in [-0.4, -0.2) is 47.8 Å². The molecule has 0 heterocycles. The normalized spacial score (nSPS) is 15.3. The number of nitrogens with zero attached hydrogens (tertiary/aromatic N) is 1. The Morgan fingerprint density at radius 3 is 2.22 bits per heavy atom. The van der Waals surface area contributed by atoms with Gasteiger partial charge in [-0.2, -0.15) is 0 Å². The lowest BCUT2D eigenvalue weighted by molar-refractivity contribution is 0.136. The predicted molar refractivity (Wildman–Crippen MR) is 80.0 cm³/mol. The SMILES string of the molecule is CCCN(CCCC(CC)(CO)NCC)C(C)C. The summed E-state index contributed by atoms with van der Waals surface area (Å²) in [6.07, 6.45) is 4.41. The summed E-state index contributed by atoms with van der Waals surface area (Å²) in [5.74, 6) is 0. The van der Waals surface area contributed by atoms with E-state index in [0.29, 0.717) is 6.04 Å². The Bertz CT molecular complexity index is 191. The van der Waals surface area contributed by atoms with Crippen LogP contribution in [0.2, 0.25) is 0 Å². The zero-order valence-corrected chi connectivity index (χ0v) is 13.1. The molecule has 0 spiro atoms. The summed E-state index contributed by atoms with van der Waals surface area (Å²) >= 11 is 0. The Hall–Kier alpha value is -0.120. The molecular weight excluding hydrogens is 224 g/mol. The van der Waals surface area contributed by atoms with Gasteiger partial charge in [-0.25, -0.2) is 0 Å². The number of aliphatic hydroxyl groups excluding tert-OH is 1. The highest BCUT2D eigenvalue weighted by Gasteiger charge is 2.25. The maximum absolute atomic E-state index is 9.61. The number of likely N-dealkylation sites (N-methyl/N-ethyl adjacent to an activating group) is 1. The number of hydrogen-bond donors (Lipinski definition) is 2. The fraction of sp³-hybridized carbons (Fsp3) is 1.00. The van der Waals surface area contributed by atoms with Crippen molar-refractivity contribution >= 4 is 0 Å². The summed E-state index contributed by atoms with van der Waals surface area (Å²) in [5, 5.41) is 13.1. The molecule has 3 nitrogen and oxygen atoms in total. The van der Waals surface area contributed by atoms with Crippen molar-refractivity contribution in [2.24, 2.45) is 0 Å². The van der Waals surface area contributed by atoms with Crippen LogP contribution in [0.25, 0.3) is 0 Å². The molecule has 0 aliphatic heterocycles. The van der Waals surface area contributed by atoms with Gasteiger partial charge in [0.25, 0.3) is 0 Å². The summed E-state index contributed by atoms with van der Waals surface area (Å²) in [6, 6.07) is 0.620. The topological polar surface area (TPSA) is 35.5 Å². The van der Waals surface area contributed by atoms with Crippen LogP contribution in [-0.2, 0) is 0 Å². The van der Waals surface area contributed by atoms with Crippen molar-refractivity contribution in [3.63, 3.8) is 0 Å². The Morgan fingerprint density at radius 1 is 1.17 bits per heavy atom. The molecule has 2 N–H and O–H groups in total. The highest BCUT2D eigenvalue weighted by Crippen LogP contribution is 2.17.